The Morgan fingerprint density at radius 2 is 1.86 bits per heavy atom. The summed E-state index contributed by atoms with van der Waals surface area (Å²) < 4.78 is 0. The zero-order chi connectivity index (χ0) is 9.84. The van der Waals surface area contributed by atoms with Gasteiger partial charge in [0.1, 0.15) is 0 Å². The molecular weight excluding hydrogens is 208 g/mol. The molecule has 0 aromatic rings. The van der Waals surface area contributed by atoms with Crippen LogP contribution in [0.4, 0.5) is 0 Å². The van der Waals surface area contributed by atoms with E-state index in [1.165, 1.54) is 0 Å². The number of carbonyl (C=O) groups excluding carboxylic acids is 1. The number of halogens is 1. The SMILES string of the molecule is Cl.NC(=O)C1CCN(CC(=O)O)CC1. The maximum Gasteiger partial charge on any atom is 0.317 e. The fourth-order valence-corrected chi connectivity index (χ4v) is 1.57. The number of amides is 1. The normalized spacial score (nSPS) is 18.6. The number of carboxylic acid groups (broad SMARTS) is 1. The minimum atomic E-state index is -0.822. The summed E-state index contributed by atoms with van der Waals surface area (Å²) >= 11 is 0. The lowest BCUT2D eigenvalue weighted by molar-refractivity contribution is -0.138. The molecule has 1 fully saturated rings. The summed E-state index contributed by atoms with van der Waals surface area (Å²) in [6.45, 7) is 1.37. The molecule has 0 spiro atoms. The van der Waals surface area contributed by atoms with Crippen molar-refractivity contribution in [3.8, 4) is 0 Å². The Morgan fingerprint density at radius 1 is 1.36 bits per heavy atom. The van der Waals surface area contributed by atoms with Crippen LogP contribution >= 0.6 is 12.4 Å². The van der Waals surface area contributed by atoms with Gasteiger partial charge in [0.15, 0.2) is 0 Å². The molecule has 1 aliphatic heterocycles. The topological polar surface area (TPSA) is 83.6 Å². The molecule has 0 radical (unpaired) electrons. The van der Waals surface area contributed by atoms with Crippen LogP contribution in [0.1, 0.15) is 12.8 Å². The third-order valence-electron chi connectivity index (χ3n) is 2.35. The first-order chi connectivity index (χ1) is 6.09. The van der Waals surface area contributed by atoms with E-state index in [4.69, 9.17) is 10.8 Å². The van der Waals surface area contributed by atoms with E-state index in [1.54, 1.807) is 0 Å². The summed E-state index contributed by atoms with van der Waals surface area (Å²) in [4.78, 5) is 22.9. The van der Waals surface area contributed by atoms with Gasteiger partial charge in [-0.25, -0.2) is 0 Å². The molecule has 3 N–H and O–H groups in total. The number of aliphatic carboxylic acids is 1. The van der Waals surface area contributed by atoms with Crippen molar-refractivity contribution in [1.29, 1.82) is 0 Å². The number of nitrogens with two attached hydrogens (primary N) is 1. The Morgan fingerprint density at radius 3 is 2.21 bits per heavy atom. The van der Waals surface area contributed by atoms with Crippen LogP contribution in [0, 0.1) is 5.92 Å². The molecule has 1 rings (SSSR count). The highest BCUT2D eigenvalue weighted by molar-refractivity contribution is 5.85. The smallest absolute Gasteiger partial charge is 0.317 e. The second-order valence-corrected chi connectivity index (χ2v) is 3.35. The number of primary amides is 1. The summed E-state index contributed by atoms with van der Waals surface area (Å²) in [5.41, 5.74) is 5.14. The van der Waals surface area contributed by atoms with E-state index >= 15 is 0 Å². The summed E-state index contributed by atoms with van der Waals surface area (Å²) in [7, 11) is 0. The first-order valence-electron chi connectivity index (χ1n) is 4.33. The second-order valence-electron chi connectivity index (χ2n) is 3.35. The molecule has 0 aliphatic carbocycles. The van der Waals surface area contributed by atoms with Crippen molar-refractivity contribution in [2.75, 3.05) is 19.6 Å². The average Bonchev–Trinajstić information content (AvgIpc) is 2.04. The predicted molar refractivity (Wildman–Crippen MR) is 53.2 cm³/mol. The van der Waals surface area contributed by atoms with Gasteiger partial charge in [-0.2, -0.15) is 0 Å². The molecule has 0 atom stereocenters. The summed E-state index contributed by atoms with van der Waals surface area (Å²) in [6.07, 6.45) is 1.37. The molecule has 0 unspecified atom stereocenters. The zero-order valence-corrected chi connectivity index (χ0v) is 8.63. The Balaban J connectivity index is 0.00000169. The van der Waals surface area contributed by atoms with E-state index in [0.29, 0.717) is 25.9 Å². The summed E-state index contributed by atoms with van der Waals surface area (Å²) in [5, 5.41) is 8.51. The van der Waals surface area contributed by atoms with Crippen molar-refractivity contribution in [2.45, 2.75) is 12.8 Å². The number of nitrogens with zero attached hydrogens (tertiary/aromatic N) is 1. The molecule has 1 aliphatic rings. The molecule has 82 valence electrons. The van der Waals surface area contributed by atoms with Gasteiger partial charge in [-0.3, -0.25) is 14.5 Å². The number of carbonyl (C=O) groups is 2. The molecule has 0 aromatic carbocycles. The van der Waals surface area contributed by atoms with Crippen LogP contribution in [-0.2, 0) is 9.59 Å². The van der Waals surface area contributed by atoms with Gasteiger partial charge in [0.25, 0.3) is 0 Å². The van der Waals surface area contributed by atoms with Crippen LogP contribution in [-0.4, -0.2) is 41.5 Å². The van der Waals surface area contributed by atoms with Gasteiger partial charge in [-0.15, -0.1) is 12.4 Å². The number of hydrogen-bond donors (Lipinski definition) is 2. The van der Waals surface area contributed by atoms with Crippen molar-refractivity contribution in [3.63, 3.8) is 0 Å². The van der Waals surface area contributed by atoms with E-state index < -0.39 is 5.97 Å². The van der Waals surface area contributed by atoms with Crippen molar-refractivity contribution in [3.05, 3.63) is 0 Å². The number of likely N-dealkylation sites (tertiary alicyclic amines) is 1. The quantitative estimate of drug-likeness (QED) is 0.686. The Hall–Kier alpha value is -0.810. The van der Waals surface area contributed by atoms with Crippen molar-refractivity contribution in [1.82, 2.24) is 4.90 Å². The number of carboxylic acids is 1. The third kappa shape index (κ3) is 3.93. The van der Waals surface area contributed by atoms with E-state index in [0.717, 1.165) is 0 Å². The van der Waals surface area contributed by atoms with Crippen molar-refractivity contribution >= 4 is 24.3 Å². The molecule has 0 bridgehead atoms. The molecular formula is C8H15ClN2O3. The molecule has 1 saturated heterocycles. The fraction of sp³-hybridized carbons (Fsp3) is 0.750. The lowest BCUT2D eigenvalue weighted by Gasteiger charge is -2.28. The fourth-order valence-electron chi connectivity index (χ4n) is 1.57. The third-order valence-corrected chi connectivity index (χ3v) is 2.35. The number of piperidine rings is 1. The van der Waals surface area contributed by atoms with Crippen LogP contribution in [0.2, 0.25) is 0 Å². The van der Waals surface area contributed by atoms with Crippen LogP contribution in [0.25, 0.3) is 0 Å². The maximum atomic E-state index is 10.8. The molecule has 6 heteroatoms. The highest BCUT2D eigenvalue weighted by atomic mass is 35.5. The predicted octanol–water partition coefficient (Wildman–Crippen LogP) is -0.310. The van der Waals surface area contributed by atoms with Gasteiger partial charge < -0.3 is 10.8 Å². The zero-order valence-electron chi connectivity index (χ0n) is 7.81. The Labute approximate surface area is 88.7 Å². The Bertz CT molecular complexity index is 215. The largest absolute Gasteiger partial charge is 0.480 e. The highest BCUT2D eigenvalue weighted by Gasteiger charge is 2.23. The van der Waals surface area contributed by atoms with Gasteiger partial charge in [0.05, 0.1) is 6.54 Å². The molecule has 0 aromatic heterocycles. The first kappa shape index (κ1) is 13.2. The van der Waals surface area contributed by atoms with Gasteiger partial charge in [0, 0.05) is 5.92 Å². The minimum absolute atomic E-state index is 0. The average molecular weight is 223 g/mol. The van der Waals surface area contributed by atoms with Crippen molar-refractivity contribution in [2.24, 2.45) is 11.7 Å². The Kier molecular flexibility index (Phi) is 5.49. The van der Waals surface area contributed by atoms with E-state index in [-0.39, 0.29) is 30.8 Å². The van der Waals surface area contributed by atoms with E-state index in [2.05, 4.69) is 0 Å². The number of hydrogen-bond acceptors (Lipinski definition) is 3. The lowest BCUT2D eigenvalue weighted by atomic mass is 9.96. The lowest BCUT2D eigenvalue weighted by Crippen LogP contribution is -2.40. The van der Waals surface area contributed by atoms with Gasteiger partial charge in [-0.05, 0) is 25.9 Å². The maximum absolute atomic E-state index is 10.8. The van der Waals surface area contributed by atoms with Gasteiger partial charge in [-0.1, -0.05) is 0 Å². The molecule has 1 amide bonds. The van der Waals surface area contributed by atoms with Gasteiger partial charge in [0.2, 0.25) is 5.91 Å². The van der Waals surface area contributed by atoms with Crippen molar-refractivity contribution < 1.29 is 14.7 Å². The molecule has 5 nitrogen and oxygen atoms in total. The minimum Gasteiger partial charge on any atom is -0.480 e. The van der Waals surface area contributed by atoms with Gasteiger partial charge >= 0.3 is 5.97 Å². The van der Waals surface area contributed by atoms with Crippen LogP contribution in [0.5, 0.6) is 0 Å². The second kappa shape index (κ2) is 5.82. The van der Waals surface area contributed by atoms with E-state index in [1.807, 2.05) is 4.90 Å². The van der Waals surface area contributed by atoms with E-state index in [9.17, 15) is 9.59 Å². The monoisotopic (exact) mass is 222 g/mol. The van der Waals surface area contributed by atoms with Crippen LogP contribution < -0.4 is 5.73 Å². The molecule has 14 heavy (non-hydrogen) atoms. The van der Waals surface area contributed by atoms with Crippen LogP contribution in [0.15, 0.2) is 0 Å². The highest BCUT2D eigenvalue weighted by Crippen LogP contribution is 2.15. The standard InChI is InChI=1S/C8H14N2O3.ClH/c9-8(13)6-1-3-10(4-2-6)5-7(11)12;/h6H,1-5H2,(H2,9,13)(H,11,12);1H. The number of rotatable bonds is 3. The first-order valence-corrected chi connectivity index (χ1v) is 4.33. The molecule has 0 saturated carbocycles. The summed E-state index contributed by atoms with van der Waals surface area (Å²) in [6, 6.07) is 0. The molecule has 1 heterocycles. The summed E-state index contributed by atoms with van der Waals surface area (Å²) in [5.74, 6) is -1.16. The van der Waals surface area contributed by atoms with Crippen LogP contribution in [0.3, 0.4) is 0 Å².